The normalized spacial score (nSPS) is 15.5. The molecule has 0 bridgehead atoms. The van der Waals surface area contributed by atoms with E-state index in [1.54, 1.807) is 31.3 Å². The van der Waals surface area contributed by atoms with Gasteiger partial charge in [0.2, 0.25) is 0 Å². The van der Waals surface area contributed by atoms with E-state index in [0.29, 0.717) is 35.6 Å². The number of carbonyl (C=O) groups excluding carboxylic acids is 1. The molecule has 0 aliphatic carbocycles. The number of H-pyrrole nitrogens is 2. The molecule has 4 aromatic rings. The summed E-state index contributed by atoms with van der Waals surface area (Å²) < 4.78 is 27.9. The second-order valence-electron chi connectivity index (χ2n) is 7.82. The summed E-state index contributed by atoms with van der Waals surface area (Å²) in [5.74, 6) is -2.48. The summed E-state index contributed by atoms with van der Waals surface area (Å²) in [4.78, 5) is 33.0. The maximum absolute atomic E-state index is 14.1. The average Bonchev–Trinajstić information content (AvgIpc) is 3.22. The highest BCUT2D eigenvalue weighted by molar-refractivity contribution is 5.99. The molecule has 1 unspecified atom stereocenters. The fourth-order valence-corrected chi connectivity index (χ4v) is 4.33. The summed E-state index contributed by atoms with van der Waals surface area (Å²) in [6.07, 6.45) is 0. The van der Waals surface area contributed by atoms with Gasteiger partial charge < -0.3 is 20.2 Å². The number of aromatic nitrogens is 2. The van der Waals surface area contributed by atoms with Gasteiger partial charge in [-0.25, -0.2) is 8.78 Å². The number of rotatable bonds is 2. The van der Waals surface area contributed by atoms with Gasteiger partial charge in [-0.3, -0.25) is 9.59 Å². The molecule has 3 heterocycles. The van der Waals surface area contributed by atoms with Crippen LogP contribution in [0.2, 0.25) is 0 Å². The number of benzene rings is 2. The number of amides is 1. The van der Waals surface area contributed by atoms with Gasteiger partial charge in [0.05, 0.1) is 23.1 Å². The fraction of sp³-hybridized carbons (Fsp3) is 0.174. The molecule has 2 aromatic carbocycles. The number of carbonyl (C=O) groups is 1. The number of aromatic amines is 2. The molecule has 3 N–H and O–H groups in total. The summed E-state index contributed by atoms with van der Waals surface area (Å²) >= 11 is 0. The molecule has 1 aliphatic heterocycles. The van der Waals surface area contributed by atoms with E-state index in [4.69, 9.17) is 5.26 Å². The van der Waals surface area contributed by atoms with Gasteiger partial charge >= 0.3 is 0 Å². The Morgan fingerprint density at radius 3 is 2.62 bits per heavy atom. The first kappa shape index (κ1) is 19.9. The lowest BCUT2D eigenvalue weighted by molar-refractivity contribution is 0.0718. The number of hydrogen-bond donors (Lipinski definition) is 3. The van der Waals surface area contributed by atoms with Crippen molar-refractivity contribution in [3.05, 3.63) is 80.9 Å². The van der Waals surface area contributed by atoms with Crippen molar-refractivity contribution in [3.8, 4) is 6.07 Å². The Hall–Kier alpha value is -4.03. The highest BCUT2D eigenvalue weighted by atomic mass is 19.2. The van der Waals surface area contributed by atoms with E-state index in [1.165, 1.54) is 4.90 Å². The maximum Gasteiger partial charge on any atom is 0.270 e. The highest BCUT2D eigenvalue weighted by Gasteiger charge is 2.31. The highest BCUT2D eigenvalue weighted by Crippen LogP contribution is 2.33. The van der Waals surface area contributed by atoms with Crippen LogP contribution in [0, 0.1) is 23.0 Å². The summed E-state index contributed by atoms with van der Waals surface area (Å²) in [5, 5.41) is 13.3. The molecule has 0 saturated carbocycles. The quantitative estimate of drug-likeness (QED) is 0.452. The van der Waals surface area contributed by atoms with Crippen molar-refractivity contribution in [2.24, 2.45) is 0 Å². The van der Waals surface area contributed by atoms with E-state index < -0.39 is 23.2 Å². The third kappa shape index (κ3) is 3.04. The van der Waals surface area contributed by atoms with Gasteiger partial charge in [0.1, 0.15) is 5.69 Å². The molecule has 0 saturated heterocycles. The first-order chi connectivity index (χ1) is 15.4. The molecule has 9 heteroatoms. The lowest BCUT2D eigenvalue weighted by atomic mass is 9.93. The van der Waals surface area contributed by atoms with Gasteiger partial charge in [-0.2, -0.15) is 5.26 Å². The number of likely N-dealkylation sites (N-methyl/N-ethyl adjacent to an activating group) is 1. The number of fused-ring (bicyclic) bond motifs is 4. The first-order valence-corrected chi connectivity index (χ1v) is 9.92. The Balaban J connectivity index is 1.60. The predicted molar refractivity (Wildman–Crippen MR) is 114 cm³/mol. The third-order valence-corrected chi connectivity index (χ3v) is 5.93. The van der Waals surface area contributed by atoms with Gasteiger partial charge in [-0.15, -0.1) is 0 Å². The number of nitriles is 1. The van der Waals surface area contributed by atoms with Crippen LogP contribution in [-0.2, 0) is 6.54 Å². The zero-order valence-corrected chi connectivity index (χ0v) is 16.9. The van der Waals surface area contributed by atoms with Gasteiger partial charge in [0.25, 0.3) is 11.5 Å². The predicted octanol–water partition coefficient (Wildman–Crippen LogP) is 3.08. The van der Waals surface area contributed by atoms with Crippen LogP contribution in [0.5, 0.6) is 0 Å². The average molecular weight is 433 g/mol. The standard InChI is InChI=1S/C23H17F2N5O2/c1-30(23(32)18-5-12-4-11(8-26)2-3-17(12)28-18)20-10-27-9-19-21(20)13-6-15(24)16(25)7-14(13)22(31)29-19/h2-7,20,27-28H,9-10H2,1H3,(H,29,31). The minimum atomic E-state index is -1.10. The van der Waals surface area contributed by atoms with Crippen LogP contribution < -0.4 is 10.9 Å². The Bertz CT molecular complexity index is 1520. The van der Waals surface area contributed by atoms with Crippen molar-refractivity contribution in [1.29, 1.82) is 5.26 Å². The van der Waals surface area contributed by atoms with E-state index >= 15 is 0 Å². The fourth-order valence-electron chi connectivity index (χ4n) is 4.33. The van der Waals surface area contributed by atoms with E-state index in [9.17, 15) is 18.4 Å². The second-order valence-corrected chi connectivity index (χ2v) is 7.82. The zero-order chi connectivity index (χ0) is 22.6. The summed E-state index contributed by atoms with van der Waals surface area (Å²) in [7, 11) is 1.62. The monoisotopic (exact) mass is 433 g/mol. The van der Waals surface area contributed by atoms with Crippen LogP contribution in [0.25, 0.3) is 21.7 Å². The van der Waals surface area contributed by atoms with Crippen molar-refractivity contribution < 1.29 is 13.6 Å². The Kier molecular flexibility index (Phi) is 4.53. The van der Waals surface area contributed by atoms with Crippen LogP contribution in [0.1, 0.15) is 33.4 Å². The van der Waals surface area contributed by atoms with Crippen molar-refractivity contribution in [1.82, 2.24) is 20.2 Å². The largest absolute Gasteiger partial charge is 0.351 e. The molecule has 0 radical (unpaired) electrons. The molecule has 0 spiro atoms. The SMILES string of the molecule is CN(C(=O)c1cc2cc(C#N)ccc2[nH]1)C1CNCc2[nH]c(=O)c3cc(F)c(F)cc3c21. The molecule has 32 heavy (non-hydrogen) atoms. The van der Waals surface area contributed by atoms with Gasteiger partial charge in [-0.05, 0) is 41.8 Å². The molecule has 1 aliphatic rings. The van der Waals surface area contributed by atoms with E-state index in [-0.39, 0.29) is 16.7 Å². The zero-order valence-electron chi connectivity index (χ0n) is 16.9. The lowest BCUT2D eigenvalue weighted by Gasteiger charge is -2.34. The second kappa shape index (κ2) is 7.28. The van der Waals surface area contributed by atoms with Crippen LogP contribution in [0.4, 0.5) is 8.78 Å². The molecule has 1 amide bonds. The molecular weight excluding hydrogens is 416 g/mol. The number of nitrogens with zero attached hydrogens (tertiary/aromatic N) is 2. The Labute approximate surface area is 180 Å². The molecule has 2 aromatic heterocycles. The van der Waals surface area contributed by atoms with E-state index in [2.05, 4.69) is 21.4 Å². The molecular formula is C23H17F2N5O2. The topological polar surface area (TPSA) is 105 Å². The molecule has 5 rings (SSSR count). The summed E-state index contributed by atoms with van der Waals surface area (Å²) in [6, 6.07) is 10.2. The van der Waals surface area contributed by atoms with Crippen LogP contribution in [-0.4, -0.2) is 34.4 Å². The van der Waals surface area contributed by atoms with Gasteiger partial charge in [0.15, 0.2) is 11.6 Å². The maximum atomic E-state index is 14.1. The van der Waals surface area contributed by atoms with Gasteiger partial charge in [0, 0.05) is 42.3 Å². The third-order valence-electron chi connectivity index (χ3n) is 5.93. The first-order valence-electron chi connectivity index (χ1n) is 9.92. The van der Waals surface area contributed by atoms with Crippen LogP contribution >= 0.6 is 0 Å². The molecule has 7 nitrogen and oxygen atoms in total. The molecule has 160 valence electrons. The van der Waals surface area contributed by atoms with Gasteiger partial charge in [-0.1, -0.05) is 0 Å². The number of halogens is 2. The van der Waals surface area contributed by atoms with Crippen molar-refractivity contribution >= 4 is 27.6 Å². The summed E-state index contributed by atoms with van der Waals surface area (Å²) in [5.41, 5.74) is 2.12. The van der Waals surface area contributed by atoms with Crippen LogP contribution in [0.15, 0.2) is 41.2 Å². The Morgan fingerprint density at radius 2 is 1.88 bits per heavy atom. The van der Waals surface area contributed by atoms with Crippen molar-refractivity contribution in [2.45, 2.75) is 12.6 Å². The van der Waals surface area contributed by atoms with E-state index in [0.717, 1.165) is 23.0 Å². The minimum absolute atomic E-state index is 0.0324. The molecule has 0 fully saturated rings. The van der Waals surface area contributed by atoms with Crippen molar-refractivity contribution in [3.63, 3.8) is 0 Å². The van der Waals surface area contributed by atoms with E-state index in [1.807, 2.05) is 0 Å². The smallest absolute Gasteiger partial charge is 0.270 e. The number of pyridine rings is 1. The summed E-state index contributed by atoms with van der Waals surface area (Å²) in [6.45, 7) is 0.704. The minimum Gasteiger partial charge on any atom is -0.351 e. The lowest BCUT2D eigenvalue weighted by Crippen LogP contribution is -2.42. The number of nitrogens with one attached hydrogen (secondary N) is 3. The van der Waals surface area contributed by atoms with Crippen molar-refractivity contribution in [2.75, 3.05) is 13.6 Å². The van der Waals surface area contributed by atoms with Crippen LogP contribution in [0.3, 0.4) is 0 Å². The number of hydrogen-bond acceptors (Lipinski definition) is 4. The molecule has 1 atom stereocenters. The Morgan fingerprint density at radius 1 is 1.12 bits per heavy atom.